The summed E-state index contributed by atoms with van der Waals surface area (Å²) in [6.07, 6.45) is 2.12. The molecule has 4 heteroatoms. The smallest absolute Gasteiger partial charge is 0.222 e. The molecule has 0 unspecified atom stereocenters. The molecule has 1 aromatic rings. The molecule has 2 rings (SSSR count). The fourth-order valence-electron chi connectivity index (χ4n) is 1.88. The first-order valence-electron chi connectivity index (χ1n) is 5.25. The highest BCUT2D eigenvalue weighted by Crippen LogP contribution is 2.20. The average molecular weight is 219 g/mol. The molecule has 1 aliphatic heterocycles. The summed E-state index contributed by atoms with van der Waals surface area (Å²) in [6, 6.07) is 4.86. The number of nitrogens with zero attached hydrogens (tertiary/aromatic N) is 1. The minimum atomic E-state index is -0.0286. The maximum Gasteiger partial charge on any atom is 0.222 e. The maximum absolute atomic E-state index is 11.4. The summed E-state index contributed by atoms with van der Waals surface area (Å²) in [6.45, 7) is 1.28. The number of amides is 1. The highest BCUT2D eigenvalue weighted by molar-refractivity contribution is 5.79. The summed E-state index contributed by atoms with van der Waals surface area (Å²) in [5.74, 6) is 0.123. The van der Waals surface area contributed by atoms with Crippen LogP contribution in [0.1, 0.15) is 28.8 Å². The van der Waals surface area contributed by atoms with E-state index in [0.29, 0.717) is 19.3 Å². The van der Waals surface area contributed by atoms with Crippen LogP contribution in [-0.4, -0.2) is 28.7 Å². The van der Waals surface area contributed by atoms with E-state index in [9.17, 15) is 14.7 Å². The SMILES string of the molecule is O=Cc1ccc(CN2CCCC2=O)cc1O. The Morgan fingerprint density at radius 2 is 2.25 bits per heavy atom. The van der Waals surface area contributed by atoms with Crippen molar-refractivity contribution in [2.45, 2.75) is 19.4 Å². The molecule has 0 atom stereocenters. The van der Waals surface area contributed by atoms with Gasteiger partial charge in [0.2, 0.25) is 5.91 Å². The highest BCUT2D eigenvalue weighted by Gasteiger charge is 2.20. The van der Waals surface area contributed by atoms with Gasteiger partial charge in [-0.15, -0.1) is 0 Å². The molecule has 1 amide bonds. The van der Waals surface area contributed by atoms with E-state index in [4.69, 9.17) is 0 Å². The number of aromatic hydroxyl groups is 1. The summed E-state index contributed by atoms with van der Waals surface area (Å²) >= 11 is 0. The normalized spacial score (nSPS) is 15.5. The monoisotopic (exact) mass is 219 g/mol. The van der Waals surface area contributed by atoms with Gasteiger partial charge in [-0.2, -0.15) is 0 Å². The van der Waals surface area contributed by atoms with Gasteiger partial charge in [-0.25, -0.2) is 0 Å². The molecule has 0 bridgehead atoms. The molecular weight excluding hydrogens is 206 g/mol. The standard InChI is InChI=1S/C12H13NO3/c14-8-10-4-3-9(6-11(10)15)7-13-5-1-2-12(13)16/h3-4,6,8,15H,1-2,5,7H2. The van der Waals surface area contributed by atoms with Gasteiger partial charge in [0, 0.05) is 19.5 Å². The molecule has 1 fully saturated rings. The van der Waals surface area contributed by atoms with Crippen molar-refractivity contribution in [1.82, 2.24) is 4.90 Å². The Bertz CT molecular complexity index is 428. The molecule has 0 spiro atoms. The number of rotatable bonds is 3. The number of phenols is 1. The van der Waals surface area contributed by atoms with Gasteiger partial charge in [-0.3, -0.25) is 9.59 Å². The largest absolute Gasteiger partial charge is 0.507 e. The number of phenolic OH excluding ortho intramolecular Hbond substituents is 1. The van der Waals surface area contributed by atoms with Crippen LogP contribution in [0, 0.1) is 0 Å². The van der Waals surface area contributed by atoms with Crippen LogP contribution in [0.5, 0.6) is 5.75 Å². The second kappa shape index (κ2) is 4.35. The van der Waals surface area contributed by atoms with E-state index in [1.54, 1.807) is 17.0 Å². The Labute approximate surface area is 93.5 Å². The van der Waals surface area contributed by atoms with Gasteiger partial charge in [0.25, 0.3) is 0 Å². The Balaban J connectivity index is 2.13. The van der Waals surface area contributed by atoms with Crippen molar-refractivity contribution in [1.29, 1.82) is 0 Å². The molecule has 4 nitrogen and oxygen atoms in total. The van der Waals surface area contributed by atoms with Crippen molar-refractivity contribution in [3.63, 3.8) is 0 Å². The van der Waals surface area contributed by atoms with Crippen LogP contribution in [0.25, 0.3) is 0 Å². The number of aldehydes is 1. The van der Waals surface area contributed by atoms with Crippen LogP contribution in [-0.2, 0) is 11.3 Å². The lowest BCUT2D eigenvalue weighted by Gasteiger charge is -2.15. The first kappa shape index (κ1) is 10.7. The van der Waals surface area contributed by atoms with E-state index >= 15 is 0 Å². The summed E-state index contributed by atoms with van der Waals surface area (Å²) in [4.78, 5) is 23.7. The first-order chi connectivity index (χ1) is 7.70. The van der Waals surface area contributed by atoms with Crippen LogP contribution < -0.4 is 0 Å². The van der Waals surface area contributed by atoms with Gasteiger partial charge in [0.05, 0.1) is 5.56 Å². The van der Waals surface area contributed by atoms with Crippen LogP contribution in [0.4, 0.5) is 0 Å². The van der Waals surface area contributed by atoms with Gasteiger partial charge in [-0.1, -0.05) is 6.07 Å². The molecule has 1 aromatic carbocycles. The second-order valence-electron chi connectivity index (χ2n) is 3.93. The molecule has 0 saturated carbocycles. The predicted octanol–water partition coefficient (Wildman–Crippen LogP) is 1.33. The van der Waals surface area contributed by atoms with Gasteiger partial charge in [0.15, 0.2) is 6.29 Å². The summed E-state index contributed by atoms with van der Waals surface area (Å²) in [5.41, 5.74) is 1.12. The molecule has 0 aromatic heterocycles. The maximum atomic E-state index is 11.4. The number of hydrogen-bond donors (Lipinski definition) is 1. The van der Waals surface area contributed by atoms with Gasteiger partial charge >= 0.3 is 0 Å². The van der Waals surface area contributed by atoms with E-state index in [0.717, 1.165) is 18.5 Å². The van der Waals surface area contributed by atoms with Crippen molar-refractivity contribution in [3.8, 4) is 5.75 Å². The van der Waals surface area contributed by atoms with Gasteiger partial charge < -0.3 is 10.0 Å². The summed E-state index contributed by atoms with van der Waals surface area (Å²) in [5, 5.41) is 9.50. The average Bonchev–Trinajstić information content (AvgIpc) is 2.65. The molecule has 0 radical (unpaired) electrons. The number of benzene rings is 1. The number of carbonyl (C=O) groups is 2. The van der Waals surface area contributed by atoms with Crippen molar-refractivity contribution in [2.75, 3.05) is 6.54 Å². The second-order valence-corrected chi connectivity index (χ2v) is 3.93. The summed E-state index contributed by atoms with van der Waals surface area (Å²) < 4.78 is 0. The Hall–Kier alpha value is -1.84. The number of likely N-dealkylation sites (tertiary alicyclic amines) is 1. The molecule has 1 heterocycles. The fourth-order valence-corrected chi connectivity index (χ4v) is 1.88. The molecule has 1 N–H and O–H groups in total. The lowest BCUT2D eigenvalue weighted by Crippen LogP contribution is -2.23. The zero-order valence-electron chi connectivity index (χ0n) is 8.85. The van der Waals surface area contributed by atoms with Gasteiger partial charge in [-0.05, 0) is 24.1 Å². The number of hydrogen-bond acceptors (Lipinski definition) is 3. The minimum absolute atomic E-state index is 0.0286. The van der Waals surface area contributed by atoms with E-state index < -0.39 is 0 Å². The third-order valence-corrected chi connectivity index (χ3v) is 2.77. The lowest BCUT2D eigenvalue weighted by molar-refractivity contribution is -0.128. The molecule has 1 saturated heterocycles. The predicted molar refractivity (Wildman–Crippen MR) is 58.1 cm³/mol. The van der Waals surface area contributed by atoms with Crippen LogP contribution in [0.3, 0.4) is 0 Å². The van der Waals surface area contributed by atoms with Gasteiger partial charge in [0.1, 0.15) is 5.75 Å². The number of carbonyl (C=O) groups excluding carboxylic acids is 2. The minimum Gasteiger partial charge on any atom is -0.507 e. The molecule has 16 heavy (non-hydrogen) atoms. The fraction of sp³-hybridized carbons (Fsp3) is 0.333. The lowest BCUT2D eigenvalue weighted by atomic mass is 10.1. The van der Waals surface area contributed by atoms with Crippen molar-refractivity contribution in [3.05, 3.63) is 29.3 Å². The quantitative estimate of drug-likeness (QED) is 0.780. The Morgan fingerprint density at radius 1 is 1.44 bits per heavy atom. The molecular formula is C12H13NO3. The molecule has 84 valence electrons. The molecule has 1 aliphatic rings. The third-order valence-electron chi connectivity index (χ3n) is 2.77. The molecule has 0 aliphatic carbocycles. The topological polar surface area (TPSA) is 57.6 Å². The van der Waals surface area contributed by atoms with Crippen molar-refractivity contribution < 1.29 is 14.7 Å². The van der Waals surface area contributed by atoms with E-state index in [-0.39, 0.29) is 17.2 Å². The van der Waals surface area contributed by atoms with E-state index in [1.165, 1.54) is 6.07 Å². The zero-order chi connectivity index (χ0) is 11.5. The third kappa shape index (κ3) is 2.05. The van der Waals surface area contributed by atoms with E-state index in [2.05, 4.69) is 0 Å². The van der Waals surface area contributed by atoms with Crippen LogP contribution >= 0.6 is 0 Å². The van der Waals surface area contributed by atoms with Crippen molar-refractivity contribution >= 4 is 12.2 Å². The highest BCUT2D eigenvalue weighted by atomic mass is 16.3. The summed E-state index contributed by atoms with van der Waals surface area (Å²) in [7, 11) is 0. The first-order valence-corrected chi connectivity index (χ1v) is 5.25. The van der Waals surface area contributed by atoms with Crippen LogP contribution in [0.15, 0.2) is 18.2 Å². The zero-order valence-corrected chi connectivity index (χ0v) is 8.85. The Kier molecular flexibility index (Phi) is 2.90. The van der Waals surface area contributed by atoms with Crippen molar-refractivity contribution in [2.24, 2.45) is 0 Å². The Morgan fingerprint density at radius 3 is 2.81 bits per heavy atom. The van der Waals surface area contributed by atoms with Crippen LogP contribution in [0.2, 0.25) is 0 Å². The van der Waals surface area contributed by atoms with E-state index in [1.807, 2.05) is 0 Å².